The highest BCUT2D eigenvalue weighted by atomic mass is 16.2. The number of nitrogens with zero attached hydrogens (tertiary/aromatic N) is 1. The van der Waals surface area contributed by atoms with Crippen LogP contribution in [-0.4, -0.2) is 27.5 Å². The number of rotatable bonds is 3. The Morgan fingerprint density at radius 3 is 2.20 bits per heavy atom. The zero-order valence-electron chi connectivity index (χ0n) is 13.1. The SMILES string of the molecule is O=C1C=CC(C=c2cc/c(=C/c3ccc(C=C4C=CC(=O)N4)[nH]3)[nH]2)=N1. The fourth-order valence-corrected chi connectivity index (χ4v) is 2.60. The van der Waals surface area contributed by atoms with Gasteiger partial charge in [-0.2, -0.15) is 0 Å². The summed E-state index contributed by atoms with van der Waals surface area (Å²) in [4.78, 5) is 32.6. The lowest BCUT2D eigenvalue weighted by atomic mass is 10.3. The maximum Gasteiger partial charge on any atom is 0.270 e. The van der Waals surface area contributed by atoms with Gasteiger partial charge < -0.3 is 15.3 Å². The van der Waals surface area contributed by atoms with Crippen LogP contribution < -0.4 is 16.0 Å². The van der Waals surface area contributed by atoms with Crippen molar-refractivity contribution in [3.8, 4) is 0 Å². The van der Waals surface area contributed by atoms with Crippen LogP contribution in [0.5, 0.6) is 0 Å². The molecule has 6 heteroatoms. The Hall–Kier alpha value is -3.67. The Kier molecular flexibility index (Phi) is 3.63. The molecule has 2 aromatic heterocycles. The van der Waals surface area contributed by atoms with Crippen LogP contribution in [0.25, 0.3) is 18.2 Å². The van der Waals surface area contributed by atoms with Gasteiger partial charge >= 0.3 is 0 Å². The van der Waals surface area contributed by atoms with Crippen molar-refractivity contribution in [1.29, 1.82) is 0 Å². The first-order valence-electron chi connectivity index (χ1n) is 7.73. The van der Waals surface area contributed by atoms with Gasteiger partial charge in [0.2, 0.25) is 5.91 Å². The second kappa shape index (κ2) is 6.09. The highest BCUT2D eigenvalue weighted by Gasteiger charge is 2.06. The molecule has 0 aliphatic carbocycles. The maximum absolute atomic E-state index is 11.1. The fraction of sp³-hybridized carbons (Fsp3) is 0. The molecule has 4 rings (SSSR count). The summed E-state index contributed by atoms with van der Waals surface area (Å²) in [6, 6.07) is 7.78. The largest absolute Gasteiger partial charge is 0.355 e. The van der Waals surface area contributed by atoms with E-state index in [0.29, 0.717) is 5.71 Å². The van der Waals surface area contributed by atoms with Crippen LogP contribution in [0, 0.1) is 0 Å². The van der Waals surface area contributed by atoms with Gasteiger partial charge in [-0.3, -0.25) is 9.59 Å². The summed E-state index contributed by atoms with van der Waals surface area (Å²) in [5.74, 6) is -0.339. The van der Waals surface area contributed by atoms with E-state index in [1.54, 1.807) is 12.2 Å². The standard InChI is InChI=1S/C19H14N4O2/c24-18-7-5-16(22-18)10-14-3-1-12(20-14)9-13-2-4-15(21-13)11-17-6-8-19(25)23-17/h1-11,20-21H,(H,22,24)/b13-9-,15-11?,16-10?. The molecule has 2 aliphatic rings. The number of nitrogens with one attached hydrogen (secondary N) is 3. The van der Waals surface area contributed by atoms with Gasteiger partial charge in [-0.25, -0.2) is 4.99 Å². The van der Waals surface area contributed by atoms with E-state index >= 15 is 0 Å². The van der Waals surface area contributed by atoms with Crippen molar-refractivity contribution in [3.63, 3.8) is 0 Å². The molecule has 0 saturated heterocycles. The molecule has 2 amide bonds. The molecular weight excluding hydrogens is 316 g/mol. The molecule has 0 spiro atoms. The van der Waals surface area contributed by atoms with E-state index in [9.17, 15) is 9.59 Å². The van der Waals surface area contributed by atoms with E-state index in [-0.39, 0.29) is 11.8 Å². The monoisotopic (exact) mass is 330 g/mol. The maximum atomic E-state index is 11.1. The van der Waals surface area contributed by atoms with Gasteiger partial charge in [-0.15, -0.1) is 0 Å². The van der Waals surface area contributed by atoms with Crippen molar-refractivity contribution < 1.29 is 9.59 Å². The molecule has 0 fully saturated rings. The summed E-state index contributed by atoms with van der Waals surface area (Å²) in [5, 5.41) is 4.53. The van der Waals surface area contributed by atoms with Crippen LogP contribution in [0.1, 0.15) is 11.4 Å². The Morgan fingerprint density at radius 1 is 0.760 bits per heavy atom. The van der Waals surface area contributed by atoms with Gasteiger partial charge in [0.1, 0.15) is 0 Å². The average Bonchev–Trinajstić information content (AvgIpc) is 3.33. The third-order valence-corrected chi connectivity index (χ3v) is 3.71. The first-order chi connectivity index (χ1) is 12.1. The summed E-state index contributed by atoms with van der Waals surface area (Å²) in [6.07, 6.45) is 12.0. The predicted molar refractivity (Wildman–Crippen MR) is 95.7 cm³/mol. The van der Waals surface area contributed by atoms with Gasteiger partial charge in [-0.1, -0.05) is 0 Å². The summed E-state index contributed by atoms with van der Waals surface area (Å²) < 4.78 is 0. The van der Waals surface area contributed by atoms with Crippen LogP contribution in [0.15, 0.2) is 59.3 Å². The number of aromatic amines is 2. The minimum atomic E-state index is -0.231. The first kappa shape index (κ1) is 14.9. The first-order valence-corrected chi connectivity index (χ1v) is 7.73. The van der Waals surface area contributed by atoms with Crippen LogP contribution in [-0.2, 0) is 9.59 Å². The minimum absolute atomic E-state index is 0.108. The van der Waals surface area contributed by atoms with Crippen molar-refractivity contribution in [2.24, 2.45) is 4.99 Å². The molecule has 25 heavy (non-hydrogen) atoms. The molecule has 0 aromatic carbocycles. The van der Waals surface area contributed by atoms with Crippen LogP contribution in [0.4, 0.5) is 0 Å². The number of aliphatic imine (C=N–C) groups is 1. The lowest BCUT2D eigenvalue weighted by Gasteiger charge is -1.94. The number of carbonyl (C=O) groups excluding carboxylic acids is 2. The molecule has 0 atom stereocenters. The molecule has 0 unspecified atom stereocenters. The lowest BCUT2D eigenvalue weighted by molar-refractivity contribution is -0.115. The number of amides is 2. The molecule has 4 heterocycles. The zero-order valence-corrected chi connectivity index (χ0v) is 13.1. The molecule has 122 valence electrons. The highest BCUT2D eigenvalue weighted by molar-refractivity contribution is 6.26. The number of hydrogen-bond donors (Lipinski definition) is 3. The topological polar surface area (TPSA) is 90.1 Å². The minimum Gasteiger partial charge on any atom is -0.355 e. The molecular formula is C19H14N4O2. The molecule has 3 N–H and O–H groups in total. The molecule has 2 aromatic rings. The van der Waals surface area contributed by atoms with Crippen LogP contribution >= 0.6 is 0 Å². The smallest absolute Gasteiger partial charge is 0.270 e. The lowest BCUT2D eigenvalue weighted by Crippen LogP contribution is -2.12. The van der Waals surface area contributed by atoms with E-state index in [1.807, 2.05) is 42.5 Å². The van der Waals surface area contributed by atoms with Gasteiger partial charge in [0, 0.05) is 39.9 Å². The number of carbonyl (C=O) groups is 2. The quantitative estimate of drug-likeness (QED) is 0.766. The van der Waals surface area contributed by atoms with E-state index in [4.69, 9.17) is 0 Å². The van der Waals surface area contributed by atoms with Crippen molar-refractivity contribution in [2.45, 2.75) is 0 Å². The number of hydrogen-bond acceptors (Lipinski definition) is 2. The Morgan fingerprint density at radius 2 is 1.52 bits per heavy atom. The predicted octanol–water partition coefficient (Wildman–Crippen LogP) is 0.516. The average molecular weight is 330 g/mol. The molecule has 0 saturated carbocycles. The van der Waals surface area contributed by atoms with Crippen LogP contribution in [0.3, 0.4) is 0 Å². The molecule has 0 bridgehead atoms. The van der Waals surface area contributed by atoms with E-state index in [1.165, 1.54) is 12.2 Å². The van der Waals surface area contributed by atoms with Gasteiger partial charge in [0.05, 0.1) is 5.71 Å². The van der Waals surface area contributed by atoms with Gasteiger partial charge in [0.25, 0.3) is 5.91 Å². The number of aromatic nitrogens is 2. The fourth-order valence-electron chi connectivity index (χ4n) is 2.60. The summed E-state index contributed by atoms with van der Waals surface area (Å²) in [7, 11) is 0. The van der Waals surface area contributed by atoms with E-state index < -0.39 is 0 Å². The third kappa shape index (κ3) is 3.48. The summed E-state index contributed by atoms with van der Waals surface area (Å²) >= 11 is 0. The van der Waals surface area contributed by atoms with Crippen molar-refractivity contribution in [2.75, 3.05) is 0 Å². The number of H-pyrrole nitrogens is 2. The molecule has 6 nitrogen and oxygen atoms in total. The Balaban J connectivity index is 1.56. The zero-order chi connectivity index (χ0) is 17.2. The normalized spacial score (nSPS) is 19.4. The highest BCUT2D eigenvalue weighted by Crippen LogP contribution is 2.09. The third-order valence-electron chi connectivity index (χ3n) is 3.71. The molecule has 2 aliphatic heterocycles. The van der Waals surface area contributed by atoms with Crippen molar-refractivity contribution in [3.05, 3.63) is 76.4 Å². The second-order valence-corrected chi connectivity index (χ2v) is 5.66. The number of allylic oxidation sites excluding steroid dienone is 2. The Labute approximate surface area is 142 Å². The van der Waals surface area contributed by atoms with E-state index in [2.05, 4.69) is 20.3 Å². The molecule has 0 radical (unpaired) electrons. The van der Waals surface area contributed by atoms with Gasteiger partial charge in [-0.05, 0) is 54.6 Å². The van der Waals surface area contributed by atoms with Crippen molar-refractivity contribution >= 4 is 35.8 Å². The summed E-state index contributed by atoms with van der Waals surface area (Å²) in [5.41, 5.74) is 3.23. The Bertz CT molecular complexity index is 1110. The van der Waals surface area contributed by atoms with Crippen LogP contribution in [0.2, 0.25) is 0 Å². The second-order valence-electron chi connectivity index (χ2n) is 5.66. The van der Waals surface area contributed by atoms with E-state index in [0.717, 1.165) is 27.8 Å². The van der Waals surface area contributed by atoms with Gasteiger partial charge in [0.15, 0.2) is 0 Å². The van der Waals surface area contributed by atoms with Crippen molar-refractivity contribution in [1.82, 2.24) is 15.3 Å². The summed E-state index contributed by atoms with van der Waals surface area (Å²) in [6.45, 7) is 0.